The third-order valence-electron chi connectivity index (χ3n) is 3.91. The Morgan fingerprint density at radius 2 is 1.23 bits per heavy atom. The van der Waals surface area contributed by atoms with E-state index < -0.39 is 4.75 Å². The molecule has 0 unspecified atom stereocenters. The van der Waals surface area contributed by atoms with Crippen molar-refractivity contribution in [1.29, 1.82) is 0 Å². The van der Waals surface area contributed by atoms with Gasteiger partial charge in [0.1, 0.15) is 5.78 Å². The van der Waals surface area contributed by atoms with E-state index in [4.69, 9.17) is 0 Å². The Hall–Kier alpha value is -1.52. The van der Waals surface area contributed by atoms with Gasteiger partial charge < -0.3 is 0 Å². The van der Waals surface area contributed by atoms with Crippen molar-refractivity contribution in [3.63, 3.8) is 0 Å². The molecule has 26 heavy (non-hydrogen) atoms. The second-order valence-corrected chi connectivity index (χ2v) is 10.9. The van der Waals surface area contributed by atoms with Gasteiger partial charge in [0.05, 0.1) is 11.2 Å². The van der Waals surface area contributed by atoms with Gasteiger partial charge in [0.25, 0.3) is 0 Å². The molecule has 2 nitrogen and oxygen atoms in total. The highest BCUT2D eigenvalue weighted by molar-refractivity contribution is 8.01. The summed E-state index contributed by atoms with van der Waals surface area (Å²) >= 11 is 3.18. The van der Waals surface area contributed by atoms with E-state index in [0.717, 1.165) is 9.79 Å². The standard InChI is InChI=1S/C22H26O2S2/c1-21(2,25-18-11-7-5-8-12-18)16-17(23)15-20(24)22(3,4)26-19-13-9-6-10-14-19/h5-14H,15-16H2,1-4H3. The summed E-state index contributed by atoms with van der Waals surface area (Å²) in [5.74, 6) is -0.0120. The van der Waals surface area contributed by atoms with Gasteiger partial charge in [-0.25, -0.2) is 0 Å². The highest BCUT2D eigenvalue weighted by atomic mass is 32.2. The molecule has 0 heterocycles. The van der Waals surface area contributed by atoms with Gasteiger partial charge in [0, 0.05) is 21.0 Å². The Morgan fingerprint density at radius 3 is 1.73 bits per heavy atom. The molecule has 0 saturated heterocycles. The van der Waals surface area contributed by atoms with Crippen molar-refractivity contribution in [1.82, 2.24) is 0 Å². The minimum Gasteiger partial charge on any atom is -0.299 e. The number of carbonyl (C=O) groups excluding carboxylic acids is 2. The van der Waals surface area contributed by atoms with Crippen LogP contribution in [-0.4, -0.2) is 21.1 Å². The first-order valence-electron chi connectivity index (χ1n) is 8.71. The van der Waals surface area contributed by atoms with E-state index in [9.17, 15) is 9.59 Å². The maximum Gasteiger partial charge on any atom is 0.156 e. The molecule has 138 valence electrons. The molecule has 0 aromatic heterocycles. The summed E-state index contributed by atoms with van der Waals surface area (Å²) in [6.07, 6.45) is 0.371. The predicted molar refractivity (Wildman–Crippen MR) is 112 cm³/mol. The van der Waals surface area contributed by atoms with Crippen LogP contribution in [0.2, 0.25) is 0 Å². The van der Waals surface area contributed by atoms with Gasteiger partial charge in [0.15, 0.2) is 5.78 Å². The molecule has 0 bridgehead atoms. The number of carbonyl (C=O) groups is 2. The first kappa shape index (κ1) is 20.8. The van der Waals surface area contributed by atoms with E-state index in [0.29, 0.717) is 6.42 Å². The minimum absolute atomic E-state index is 0.00479. The molecule has 0 spiro atoms. The second-order valence-electron chi connectivity index (χ2n) is 7.42. The Balaban J connectivity index is 1.92. The van der Waals surface area contributed by atoms with Gasteiger partial charge in [0.2, 0.25) is 0 Å². The van der Waals surface area contributed by atoms with Crippen molar-refractivity contribution in [2.75, 3.05) is 0 Å². The van der Waals surface area contributed by atoms with Gasteiger partial charge in [-0.2, -0.15) is 0 Å². The largest absolute Gasteiger partial charge is 0.299 e. The number of hydrogen-bond donors (Lipinski definition) is 0. The molecule has 0 aliphatic carbocycles. The predicted octanol–water partition coefficient (Wildman–Crippen LogP) is 6.05. The molecule has 2 rings (SSSR count). The normalized spacial score (nSPS) is 12.0. The van der Waals surface area contributed by atoms with Gasteiger partial charge >= 0.3 is 0 Å². The average molecular weight is 387 g/mol. The Labute approximate surface area is 165 Å². The van der Waals surface area contributed by atoms with Crippen molar-refractivity contribution in [2.24, 2.45) is 0 Å². The van der Waals surface area contributed by atoms with E-state index in [-0.39, 0.29) is 22.7 Å². The SMILES string of the molecule is CC(C)(CC(=O)CC(=O)C(C)(C)Sc1ccccc1)Sc1ccccc1. The summed E-state index contributed by atoms with van der Waals surface area (Å²) in [6.45, 7) is 7.89. The topological polar surface area (TPSA) is 34.1 Å². The lowest BCUT2D eigenvalue weighted by atomic mass is 9.97. The zero-order chi connectivity index (χ0) is 19.2. The van der Waals surface area contributed by atoms with Crippen LogP contribution in [0.1, 0.15) is 40.5 Å². The van der Waals surface area contributed by atoms with E-state index in [1.165, 1.54) is 11.8 Å². The van der Waals surface area contributed by atoms with E-state index in [1.54, 1.807) is 11.8 Å². The number of benzene rings is 2. The summed E-state index contributed by atoms with van der Waals surface area (Å²) in [5.41, 5.74) is 0. The van der Waals surface area contributed by atoms with Crippen LogP contribution in [-0.2, 0) is 9.59 Å². The smallest absolute Gasteiger partial charge is 0.156 e. The van der Waals surface area contributed by atoms with Crippen LogP contribution in [0.25, 0.3) is 0 Å². The number of hydrogen-bond acceptors (Lipinski definition) is 4. The fourth-order valence-corrected chi connectivity index (χ4v) is 4.85. The van der Waals surface area contributed by atoms with Gasteiger partial charge in [-0.1, -0.05) is 36.4 Å². The van der Waals surface area contributed by atoms with Crippen LogP contribution in [0.3, 0.4) is 0 Å². The van der Waals surface area contributed by atoms with Crippen LogP contribution in [0.5, 0.6) is 0 Å². The lowest BCUT2D eigenvalue weighted by Gasteiger charge is -2.25. The maximum atomic E-state index is 12.7. The highest BCUT2D eigenvalue weighted by Crippen LogP contribution is 2.37. The van der Waals surface area contributed by atoms with Crippen LogP contribution >= 0.6 is 23.5 Å². The first-order valence-corrected chi connectivity index (χ1v) is 10.3. The van der Waals surface area contributed by atoms with Crippen LogP contribution in [0.15, 0.2) is 70.5 Å². The van der Waals surface area contributed by atoms with Crippen molar-refractivity contribution >= 4 is 35.1 Å². The summed E-state index contributed by atoms with van der Waals surface area (Å²) in [4.78, 5) is 27.4. The summed E-state index contributed by atoms with van der Waals surface area (Å²) in [7, 11) is 0. The molecule has 2 aromatic rings. The highest BCUT2D eigenvalue weighted by Gasteiger charge is 2.32. The average Bonchev–Trinajstić information content (AvgIpc) is 2.55. The molecule has 0 N–H and O–H groups in total. The van der Waals surface area contributed by atoms with Gasteiger partial charge in [-0.3, -0.25) is 9.59 Å². The molecular weight excluding hydrogens is 360 g/mol. The summed E-state index contributed by atoms with van der Waals surface area (Å²) in [5, 5.41) is 0. The van der Waals surface area contributed by atoms with Crippen LogP contribution in [0, 0.1) is 0 Å². The Kier molecular flexibility index (Phi) is 7.13. The third-order valence-corrected chi connectivity index (χ3v) is 6.36. The zero-order valence-corrected chi connectivity index (χ0v) is 17.5. The number of thioether (sulfide) groups is 2. The Morgan fingerprint density at radius 1 is 0.769 bits per heavy atom. The van der Waals surface area contributed by atoms with Crippen LogP contribution in [0.4, 0.5) is 0 Å². The molecule has 0 fully saturated rings. The summed E-state index contributed by atoms with van der Waals surface area (Å²) < 4.78 is -0.858. The lowest BCUT2D eigenvalue weighted by Crippen LogP contribution is -2.31. The lowest BCUT2D eigenvalue weighted by molar-refractivity contribution is -0.128. The van der Waals surface area contributed by atoms with Gasteiger partial charge in [-0.05, 0) is 52.0 Å². The number of ketones is 2. The van der Waals surface area contributed by atoms with Crippen molar-refractivity contribution < 1.29 is 9.59 Å². The molecule has 4 heteroatoms. The van der Waals surface area contributed by atoms with Crippen molar-refractivity contribution in [2.45, 2.75) is 59.8 Å². The minimum atomic E-state index is -0.617. The van der Waals surface area contributed by atoms with E-state index in [2.05, 4.69) is 13.8 Å². The fraction of sp³-hybridized carbons (Fsp3) is 0.364. The van der Waals surface area contributed by atoms with E-state index >= 15 is 0 Å². The van der Waals surface area contributed by atoms with Gasteiger partial charge in [-0.15, -0.1) is 23.5 Å². The molecule has 0 saturated carbocycles. The van der Waals surface area contributed by atoms with Crippen LogP contribution < -0.4 is 0 Å². The first-order chi connectivity index (χ1) is 12.2. The Bertz CT molecular complexity index is 737. The van der Waals surface area contributed by atoms with Crippen molar-refractivity contribution in [3.8, 4) is 0 Å². The number of Topliss-reactive ketones (excluding diaryl/α,β-unsaturated/α-hetero) is 2. The molecule has 0 aliphatic heterocycles. The molecular formula is C22H26O2S2. The monoisotopic (exact) mass is 386 g/mol. The molecule has 0 radical (unpaired) electrons. The second kappa shape index (κ2) is 8.92. The fourth-order valence-electron chi connectivity index (χ4n) is 2.61. The maximum absolute atomic E-state index is 12.7. The summed E-state index contributed by atoms with van der Waals surface area (Å²) in [6, 6.07) is 19.9. The molecule has 2 aromatic carbocycles. The quantitative estimate of drug-likeness (QED) is 0.388. The van der Waals surface area contributed by atoms with Crippen molar-refractivity contribution in [3.05, 3.63) is 60.7 Å². The third kappa shape index (κ3) is 6.65. The van der Waals surface area contributed by atoms with E-state index in [1.807, 2.05) is 74.5 Å². The molecule has 0 atom stereocenters. The zero-order valence-electron chi connectivity index (χ0n) is 15.8. The number of rotatable bonds is 9. The molecule has 0 aliphatic rings. The molecule has 0 amide bonds.